The van der Waals surface area contributed by atoms with Crippen molar-refractivity contribution in [3.05, 3.63) is 60.7 Å². The molecule has 1 heterocycles. The van der Waals surface area contributed by atoms with Crippen LogP contribution in [0.2, 0.25) is 0 Å². The molecule has 1 saturated heterocycles. The highest BCUT2D eigenvalue weighted by molar-refractivity contribution is 7.86. The molecule has 0 aromatic heterocycles. The molecule has 2 aromatic rings. The predicted octanol–water partition coefficient (Wildman–Crippen LogP) is 3.84. The summed E-state index contributed by atoms with van der Waals surface area (Å²) in [6, 6.07) is 15.3. The molecule has 0 spiro atoms. The van der Waals surface area contributed by atoms with E-state index in [-0.39, 0.29) is 13.0 Å². The van der Waals surface area contributed by atoms with Crippen LogP contribution in [0.15, 0.2) is 60.7 Å². The van der Waals surface area contributed by atoms with Crippen molar-refractivity contribution < 1.29 is 40.1 Å². The third kappa shape index (κ3) is 7.60. The molecule has 0 amide bonds. The Morgan fingerprint density at radius 1 is 0.892 bits per heavy atom. The fourth-order valence-electron chi connectivity index (χ4n) is 3.96. The standard InChI is InChI=1S/C24H33NO9P2S/c1-18(2)31-36(28,32-19(3)4)25-17-20(34-37(5,29)30)16-23(25)24(26)33-35(27,21-12-8-6-9-13-21)22-14-10-7-11-15-22/h6-15,18-20,23H,16-17H2,1-5H3/t20-,23+/m1/s1. The third-order valence-corrected chi connectivity index (χ3v) is 10.7. The van der Waals surface area contributed by atoms with Gasteiger partial charge in [0.1, 0.15) is 6.04 Å². The van der Waals surface area contributed by atoms with Gasteiger partial charge in [0.2, 0.25) is 0 Å². The Morgan fingerprint density at radius 3 is 1.76 bits per heavy atom. The van der Waals surface area contributed by atoms with Gasteiger partial charge in [-0.2, -0.15) is 13.1 Å². The summed E-state index contributed by atoms with van der Waals surface area (Å²) in [5.74, 6) is -0.962. The zero-order chi connectivity index (χ0) is 27.4. The summed E-state index contributed by atoms with van der Waals surface area (Å²) in [7, 11) is -12.0. The fraction of sp³-hybridized carbons (Fsp3) is 0.458. The highest BCUT2D eigenvalue weighted by Gasteiger charge is 2.52. The van der Waals surface area contributed by atoms with Crippen molar-refractivity contribution in [3.63, 3.8) is 0 Å². The Bertz CT molecular complexity index is 1210. The molecule has 1 aliphatic rings. The van der Waals surface area contributed by atoms with E-state index in [1.165, 1.54) is 0 Å². The maximum absolute atomic E-state index is 14.3. The molecule has 0 aliphatic carbocycles. The second-order valence-corrected chi connectivity index (χ2v) is 15.0. The molecule has 0 radical (unpaired) electrons. The zero-order valence-corrected chi connectivity index (χ0v) is 24.0. The first-order chi connectivity index (χ1) is 17.2. The Balaban J connectivity index is 2.03. The van der Waals surface area contributed by atoms with Gasteiger partial charge in [-0.15, -0.1) is 0 Å². The third-order valence-electron chi connectivity index (χ3n) is 5.23. The van der Waals surface area contributed by atoms with Gasteiger partial charge in [0.05, 0.1) is 35.2 Å². The normalized spacial score (nSPS) is 19.4. The van der Waals surface area contributed by atoms with E-state index in [2.05, 4.69) is 0 Å². The van der Waals surface area contributed by atoms with Crippen molar-refractivity contribution in [2.75, 3.05) is 12.8 Å². The predicted molar refractivity (Wildman–Crippen MR) is 141 cm³/mol. The van der Waals surface area contributed by atoms with E-state index in [1.54, 1.807) is 88.4 Å². The van der Waals surface area contributed by atoms with Crippen molar-refractivity contribution in [1.82, 2.24) is 4.67 Å². The number of benzene rings is 2. The number of carbonyl (C=O) groups excluding carboxylic acids is 1. The first-order valence-corrected chi connectivity index (χ1v) is 16.7. The van der Waals surface area contributed by atoms with Gasteiger partial charge in [0, 0.05) is 13.0 Å². The quantitative estimate of drug-likeness (QED) is 0.289. The fourth-order valence-corrected chi connectivity index (χ4v) is 8.87. The molecule has 0 saturated carbocycles. The van der Waals surface area contributed by atoms with Crippen molar-refractivity contribution >= 4 is 41.8 Å². The van der Waals surface area contributed by atoms with E-state index >= 15 is 0 Å². The lowest BCUT2D eigenvalue weighted by Gasteiger charge is -2.33. The molecule has 13 heteroatoms. The van der Waals surface area contributed by atoms with E-state index in [0.717, 1.165) is 10.9 Å². The van der Waals surface area contributed by atoms with Gasteiger partial charge in [-0.1, -0.05) is 36.4 Å². The van der Waals surface area contributed by atoms with Crippen LogP contribution in [0.1, 0.15) is 34.1 Å². The molecular weight excluding hydrogens is 540 g/mol. The van der Waals surface area contributed by atoms with Crippen LogP contribution in [-0.4, -0.2) is 56.2 Å². The molecule has 10 nitrogen and oxygen atoms in total. The van der Waals surface area contributed by atoms with Crippen molar-refractivity contribution in [1.29, 1.82) is 0 Å². The second kappa shape index (κ2) is 11.9. The summed E-state index contributed by atoms with van der Waals surface area (Å²) >= 11 is 0. The number of hydrogen-bond donors (Lipinski definition) is 0. The minimum atomic E-state index is -4.13. The minimum absolute atomic E-state index is 0.192. The van der Waals surface area contributed by atoms with Crippen LogP contribution in [0.4, 0.5) is 0 Å². The molecule has 0 bridgehead atoms. The molecule has 3 rings (SSSR count). The Kier molecular flexibility index (Phi) is 9.56. The average Bonchev–Trinajstić information content (AvgIpc) is 3.22. The SMILES string of the molecule is CC(C)OP(=O)(OC(C)C)N1C[C@H](OS(C)(=O)=O)C[C@H]1C(=O)OP(=O)(c1ccccc1)c1ccccc1. The summed E-state index contributed by atoms with van der Waals surface area (Å²) in [5, 5.41) is 0.589. The van der Waals surface area contributed by atoms with Crippen LogP contribution >= 0.6 is 15.1 Å². The first kappa shape index (κ1) is 29.7. The summed E-state index contributed by atoms with van der Waals surface area (Å²) in [6.07, 6.45) is -1.42. The van der Waals surface area contributed by atoms with Gasteiger partial charge in [0.25, 0.3) is 10.1 Å². The lowest BCUT2D eigenvalue weighted by Crippen LogP contribution is -2.38. The zero-order valence-electron chi connectivity index (χ0n) is 21.4. The number of rotatable bonds is 11. The molecule has 1 aliphatic heterocycles. The Hall–Kier alpha value is -1.84. The van der Waals surface area contributed by atoms with Crippen molar-refractivity contribution in [2.24, 2.45) is 0 Å². The molecule has 2 aromatic carbocycles. The van der Waals surface area contributed by atoms with E-state index in [1.807, 2.05) is 0 Å². The van der Waals surface area contributed by atoms with E-state index in [0.29, 0.717) is 10.6 Å². The highest BCUT2D eigenvalue weighted by Crippen LogP contribution is 2.58. The molecule has 0 N–H and O–H groups in total. The average molecular weight is 574 g/mol. The van der Waals surface area contributed by atoms with E-state index in [4.69, 9.17) is 17.8 Å². The van der Waals surface area contributed by atoms with Crippen molar-refractivity contribution in [3.8, 4) is 0 Å². The summed E-state index contributed by atoms with van der Waals surface area (Å²) < 4.78 is 75.3. The summed E-state index contributed by atoms with van der Waals surface area (Å²) in [4.78, 5) is 13.7. The molecule has 37 heavy (non-hydrogen) atoms. The molecule has 0 unspecified atom stereocenters. The van der Waals surface area contributed by atoms with Crippen LogP contribution in [0.3, 0.4) is 0 Å². The van der Waals surface area contributed by atoms with Crippen LogP contribution < -0.4 is 10.6 Å². The number of nitrogens with zero attached hydrogens (tertiary/aromatic N) is 1. The van der Waals surface area contributed by atoms with Gasteiger partial charge in [0.15, 0.2) is 0 Å². The Labute approximate surface area is 218 Å². The summed E-state index contributed by atoms with van der Waals surface area (Å²) in [6.45, 7) is 6.38. The van der Waals surface area contributed by atoms with Gasteiger partial charge >= 0.3 is 21.1 Å². The molecule has 204 valence electrons. The summed E-state index contributed by atoms with van der Waals surface area (Å²) in [5.41, 5.74) is 0. The van der Waals surface area contributed by atoms with Gasteiger partial charge < -0.3 is 4.52 Å². The minimum Gasteiger partial charge on any atom is -0.404 e. The number of carbonyl (C=O) groups is 1. The monoisotopic (exact) mass is 573 g/mol. The molecule has 2 atom stereocenters. The van der Waals surface area contributed by atoms with E-state index < -0.39 is 55.6 Å². The topological polar surface area (TPSA) is 126 Å². The maximum atomic E-state index is 14.3. The Morgan fingerprint density at radius 2 is 1.35 bits per heavy atom. The maximum Gasteiger partial charge on any atom is 0.409 e. The number of hydrogen-bond acceptors (Lipinski definition) is 9. The van der Waals surface area contributed by atoms with Crippen LogP contribution in [0, 0.1) is 0 Å². The lowest BCUT2D eigenvalue weighted by molar-refractivity contribution is -0.138. The largest absolute Gasteiger partial charge is 0.409 e. The molecular formula is C24H33NO9P2S. The van der Waals surface area contributed by atoms with Crippen molar-refractivity contribution in [2.45, 2.75) is 58.5 Å². The molecule has 1 fully saturated rings. The first-order valence-electron chi connectivity index (χ1n) is 11.8. The lowest BCUT2D eigenvalue weighted by atomic mass is 10.2. The van der Waals surface area contributed by atoms with Crippen LogP contribution in [0.5, 0.6) is 0 Å². The smallest absolute Gasteiger partial charge is 0.404 e. The van der Waals surface area contributed by atoms with Gasteiger partial charge in [-0.3, -0.25) is 22.6 Å². The van der Waals surface area contributed by atoms with E-state index in [9.17, 15) is 22.3 Å². The van der Waals surface area contributed by atoms with Gasteiger partial charge in [-0.05, 0) is 52.0 Å². The second-order valence-electron chi connectivity index (χ2n) is 9.21. The van der Waals surface area contributed by atoms with Crippen LogP contribution in [0.25, 0.3) is 0 Å². The highest BCUT2D eigenvalue weighted by atomic mass is 32.2. The van der Waals surface area contributed by atoms with Gasteiger partial charge in [-0.25, -0.2) is 4.57 Å². The van der Waals surface area contributed by atoms with Crippen LogP contribution in [-0.2, 0) is 41.8 Å².